The van der Waals surface area contributed by atoms with E-state index < -0.39 is 16.1 Å². The maximum atomic E-state index is 14.2. The lowest BCUT2D eigenvalue weighted by Gasteiger charge is -2.36. The highest BCUT2D eigenvalue weighted by molar-refractivity contribution is 7.89. The van der Waals surface area contributed by atoms with Gasteiger partial charge in [-0.05, 0) is 80.3 Å². The Hall–Kier alpha value is -2.18. The molecule has 0 radical (unpaired) electrons. The van der Waals surface area contributed by atoms with Crippen molar-refractivity contribution >= 4 is 15.9 Å². The largest absolute Gasteiger partial charge is 0.352 e. The Morgan fingerprint density at radius 1 is 0.909 bits per heavy atom. The van der Waals surface area contributed by atoms with Gasteiger partial charge < -0.3 is 5.32 Å². The van der Waals surface area contributed by atoms with E-state index in [-0.39, 0.29) is 18.5 Å². The molecule has 1 heterocycles. The molecule has 1 aliphatic heterocycles. The number of carbonyl (C=O) groups excluding carboxylic acids is 1. The second-order valence-corrected chi connectivity index (χ2v) is 11.7. The second-order valence-electron chi connectivity index (χ2n) is 9.83. The van der Waals surface area contributed by atoms with Gasteiger partial charge in [0.05, 0.1) is 4.90 Å². The molecule has 2 aromatic rings. The van der Waals surface area contributed by atoms with E-state index >= 15 is 0 Å². The summed E-state index contributed by atoms with van der Waals surface area (Å²) in [7, 11) is -3.88. The third-order valence-corrected chi connectivity index (χ3v) is 9.70. The van der Waals surface area contributed by atoms with Crippen LogP contribution >= 0.6 is 0 Å². The minimum Gasteiger partial charge on any atom is -0.352 e. The van der Waals surface area contributed by atoms with Crippen LogP contribution in [0.3, 0.4) is 0 Å². The summed E-state index contributed by atoms with van der Waals surface area (Å²) in [5.41, 5.74) is 5.46. The lowest BCUT2D eigenvalue weighted by Crippen LogP contribution is -2.54. The molecule has 1 saturated carbocycles. The second kappa shape index (κ2) is 9.59. The summed E-state index contributed by atoms with van der Waals surface area (Å²) >= 11 is 0. The van der Waals surface area contributed by atoms with Crippen molar-refractivity contribution in [2.45, 2.75) is 96.2 Å². The van der Waals surface area contributed by atoms with E-state index in [1.54, 1.807) is 0 Å². The van der Waals surface area contributed by atoms with Crippen LogP contribution in [0.4, 0.5) is 0 Å². The average molecular weight is 469 g/mol. The van der Waals surface area contributed by atoms with Crippen molar-refractivity contribution in [3.8, 4) is 0 Å². The Balaban J connectivity index is 1.74. The van der Waals surface area contributed by atoms with Gasteiger partial charge in [-0.1, -0.05) is 56.0 Å². The Labute approximate surface area is 198 Å². The summed E-state index contributed by atoms with van der Waals surface area (Å²) < 4.78 is 29.8. The minimum atomic E-state index is -3.88. The van der Waals surface area contributed by atoms with Crippen LogP contribution in [-0.2, 0) is 27.8 Å². The van der Waals surface area contributed by atoms with Gasteiger partial charge >= 0.3 is 0 Å². The fourth-order valence-corrected chi connectivity index (χ4v) is 7.53. The number of fused-ring (bicyclic) bond motifs is 1. The van der Waals surface area contributed by atoms with Crippen LogP contribution in [0.1, 0.15) is 71.9 Å². The molecule has 178 valence electrons. The first kappa shape index (κ1) is 24.0. The normalized spacial score (nSPS) is 20.2. The van der Waals surface area contributed by atoms with Gasteiger partial charge in [-0.2, -0.15) is 4.31 Å². The highest BCUT2D eigenvalue weighted by Crippen LogP contribution is 2.34. The summed E-state index contributed by atoms with van der Waals surface area (Å²) in [6, 6.07) is 9.30. The Morgan fingerprint density at radius 3 is 2.09 bits per heavy atom. The van der Waals surface area contributed by atoms with Crippen molar-refractivity contribution < 1.29 is 13.2 Å². The molecule has 0 bridgehead atoms. The molecule has 0 saturated heterocycles. The van der Waals surface area contributed by atoms with E-state index in [1.807, 2.05) is 58.0 Å². The molecule has 0 unspecified atom stereocenters. The van der Waals surface area contributed by atoms with E-state index in [4.69, 9.17) is 0 Å². The maximum absolute atomic E-state index is 14.2. The number of amides is 1. The van der Waals surface area contributed by atoms with Crippen molar-refractivity contribution in [2.75, 3.05) is 0 Å². The highest BCUT2D eigenvalue weighted by Gasteiger charge is 2.41. The number of rotatable bonds is 4. The fraction of sp³-hybridized carbons (Fsp3) is 0.519. The van der Waals surface area contributed by atoms with Crippen molar-refractivity contribution in [1.82, 2.24) is 9.62 Å². The molecule has 1 fully saturated rings. The smallest absolute Gasteiger partial charge is 0.244 e. The number of carbonyl (C=O) groups is 1. The number of hydrogen-bond acceptors (Lipinski definition) is 3. The summed E-state index contributed by atoms with van der Waals surface area (Å²) in [4.78, 5) is 13.9. The van der Waals surface area contributed by atoms with Gasteiger partial charge in [-0.15, -0.1) is 0 Å². The van der Waals surface area contributed by atoms with Crippen LogP contribution in [0.2, 0.25) is 0 Å². The number of nitrogens with zero attached hydrogens (tertiary/aromatic N) is 1. The Kier molecular flexibility index (Phi) is 6.96. The molecule has 1 aliphatic carbocycles. The Bertz CT molecular complexity index is 1120. The van der Waals surface area contributed by atoms with Crippen LogP contribution < -0.4 is 5.32 Å². The van der Waals surface area contributed by atoms with Gasteiger partial charge in [0.25, 0.3) is 0 Å². The molecule has 33 heavy (non-hydrogen) atoms. The summed E-state index contributed by atoms with van der Waals surface area (Å²) in [6.45, 7) is 7.85. The first-order valence-electron chi connectivity index (χ1n) is 12.2. The van der Waals surface area contributed by atoms with Crippen molar-refractivity contribution in [3.63, 3.8) is 0 Å². The summed E-state index contributed by atoms with van der Waals surface area (Å²) in [6.07, 6.45) is 6.97. The summed E-state index contributed by atoms with van der Waals surface area (Å²) in [5, 5.41) is 3.22. The zero-order valence-corrected chi connectivity index (χ0v) is 21.1. The zero-order valence-electron chi connectivity index (χ0n) is 20.3. The molecule has 2 aromatic carbocycles. The van der Waals surface area contributed by atoms with Gasteiger partial charge in [0.1, 0.15) is 6.04 Å². The molecule has 6 heteroatoms. The molecule has 1 N–H and O–H groups in total. The van der Waals surface area contributed by atoms with Crippen LogP contribution in [0.15, 0.2) is 35.2 Å². The minimum absolute atomic E-state index is 0.131. The van der Waals surface area contributed by atoms with Crippen LogP contribution in [0, 0.1) is 27.7 Å². The average Bonchev–Trinajstić information content (AvgIpc) is 3.05. The molecule has 0 aromatic heterocycles. The SMILES string of the molecule is Cc1cc(C)c(C)c(S(=O)(=O)N2Cc3ccccc3C[C@H]2C(=O)NC2CCCCCC2)c1C. The lowest BCUT2D eigenvalue weighted by atomic mass is 9.95. The quantitative estimate of drug-likeness (QED) is 0.651. The van der Waals surface area contributed by atoms with Crippen molar-refractivity contribution in [1.29, 1.82) is 0 Å². The van der Waals surface area contributed by atoms with Gasteiger partial charge in [0.15, 0.2) is 0 Å². The molecule has 4 rings (SSSR count). The van der Waals surface area contributed by atoms with E-state index in [1.165, 1.54) is 17.1 Å². The van der Waals surface area contributed by atoms with E-state index in [0.717, 1.165) is 59.1 Å². The molecular weight excluding hydrogens is 432 g/mol. The maximum Gasteiger partial charge on any atom is 0.244 e. The number of aryl methyl sites for hydroxylation is 2. The number of sulfonamides is 1. The monoisotopic (exact) mass is 468 g/mol. The predicted molar refractivity (Wildman–Crippen MR) is 132 cm³/mol. The molecule has 2 aliphatic rings. The highest BCUT2D eigenvalue weighted by atomic mass is 32.2. The third-order valence-electron chi connectivity index (χ3n) is 7.57. The number of benzene rings is 2. The van der Waals surface area contributed by atoms with Crippen LogP contribution in [0.5, 0.6) is 0 Å². The van der Waals surface area contributed by atoms with Gasteiger partial charge in [0.2, 0.25) is 15.9 Å². The van der Waals surface area contributed by atoms with E-state index in [2.05, 4.69) is 5.32 Å². The lowest BCUT2D eigenvalue weighted by molar-refractivity contribution is -0.126. The van der Waals surface area contributed by atoms with Crippen molar-refractivity contribution in [3.05, 3.63) is 63.7 Å². The van der Waals surface area contributed by atoms with Gasteiger partial charge in [-0.25, -0.2) is 8.42 Å². The standard InChI is InChI=1S/C27H36N2O3S/c1-18-15-19(2)21(4)26(20(18)3)33(31,32)29-17-23-12-10-9-11-22(23)16-25(29)27(30)28-24-13-7-5-6-8-14-24/h9-12,15,24-25H,5-8,13-14,16-17H2,1-4H3,(H,28,30)/t25-/m0/s1. The first-order valence-corrected chi connectivity index (χ1v) is 13.6. The molecular formula is C27H36N2O3S. The fourth-order valence-electron chi connectivity index (χ4n) is 5.38. The van der Waals surface area contributed by atoms with E-state index in [9.17, 15) is 13.2 Å². The van der Waals surface area contributed by atoms with Crippen LogP contribution in [0.25, 0.3) is 0 Å². The summed E-state index contributed by atoms with van der Waals surface area (Å²) in [5.74, 6) is -0.167. The zero-order chi connectivity index (χ0) is 23.8. The topological polar surface area (TPSA) is 66.5 Å². The third kappa shape index (κ3) is 4.73. The molecule has 5 nitrogen and oxygen atoms in total. The molecule has 0 spiro atoms. The van der Waals surface area contributed by atoms with E-state index in [0.29, 0.717) is 11.3 Å². The first-order chi connectivity index (χ1) is 15.7. The van der Waals surface area contributed by atoms with Crippen LogP contribution in [-0.4, -0.2) is 30.7 Å². The van der Waals surface area contributed by atoms with Gasteiger partial charge in [-0.3, -0.25) is 4.79 Å². The molecule has 1 atom stereocenters. The Morgan fingerprint density at radius 2 is 1.48 bits per heavy atom. The van der Waals surface area contributed by atoms with Crippen molar-refractivity contribution in [2.24, 2.45) is 0 Å². The number of hydrogen-bond donors (Lipinski definition) is 1. The molecule has 1 amide bonds. The van der Waals surface area contributed by atoms with Gasteiger partial charge in [0, 0.05) is 12.6 Å². The predicted octanol–water partition coefficient (Wildman–Crippen LogP) is 4.87. The number of nitrogens with one attached hydrogen (secondary N) is 1.